The summed E-state index contributed by atoms with van der Waals surface area (Å²) in [4.78, 5) is 0. The van der Waals surface area contributed by atoms with Crippen LogP contribution >= 0.6 is 0 Å². The molecule has 0 aliphatic heterocycles. The van der Waals surface area contributed by atoms with Gasteiger partial charge < -0.3 is 4.74 Å². The van der Waals surface area contributed by atoms with Gasteiger partial charge in [-0.3, -0.25) is 0 Å². The van der Waals surface area contributed by atoms with Gasteiger partial charge >= 0.3 is 0 Å². The Hall–Kier alpha value is -0.300. The predicted octanol–water partition coefficient (Wildman–Crippen LogP) is 3.79. The van der Waals surface area contributed by atoms with Crippen LogP contribution in [-0.2, 0) is 4.74 Å². The van der Waals surface area contributed by atoms with Crippen molar-refractivity contribution in [2.75, 3.05) is 6.61 Å². The topological polar surface area (TPSA) is 9.23 Å². The summed E-state index contributed by atoms with van der Waals surface area (Å²) < 4.78 is 5.80. The monoisotopic (exact) mass is 196 g/mol. The van der Waals surface area contributed by atoms with Crippen LogP contribution in [0.25, 0.3) is 0 Å². The SMILES string of the molecule is C=CCOC1CCC(CC)CCC1C. The van der Waals surface area contributed by atoms with Crippen molar-refractivity contribution in [3.8, 4) is 0 Å². The van der Waals surface area contributed by atoms with Crippen LogP contribution in [-0.4, -0.2) is 12.7 Å². The fourth-order valence-corrected chi connectivity index (χ4v) is 2.36. The first-order valence-electron chi connectivity index (χ1n) is 6.00. The van der Waals surface area contributed by atoms with Crippen LogP contribution in [0.1, 0.15) is 46.0 Å². The highest BCUT2D eigenvalue weighted by Gasteiger charge is 2.23. The second-order valence-corrected chi connectivity index (χ2v) is 4.57. The van der Waals surface area contributed by atoms with Crippen LogP contribution < -0.4 is 0 Å². The minimum atomic E-state index is 0.476. The van der Waals surface area contributed by atoms with Crippen molar-refractivity contribution in [1.82, 2.24) is 0 Å². The molecule has 1 heteroatoms. The van der Waals surface area contributed by atoms with E-state index in [1.54, 1.807) is 0 Å². The Kier molecular flexibility index (Phi) is 5.24. The lowest BCUT2D eigenvalue weighted by molar-refractivity contribution is 0.0301. The van der Waals surface area contributed by atoms with Gasteiger partial charge in [0.25, 0.3) is 0 Å². The summed E-state index contributed by atoms with van der Waals surface area (Å²) in [7, 11) is 0. The van der Waals surface area contributed by atoms with Crippen molar-refractivity contribution < 1.29 is 4.74 Å². The van der Waals surface area contributed by atoms with E-state index in [0.29, 0.717) is 12.7 Å². The van der Waals surface area contributed by atoms with Crippen LogP contribution in [0.15, 0.2) is 12.7 Å². The Bertz CT molecular complexity index is 165. The van der Waals surface area contributed by atoms with Gasteiger partial charge in [-0.05, 0) is 31.1 Å². The van der Waals surface area contributed by atoms with Gasteiger partial charge in [-0.1, -0.05) is 32.8 Å². The highest BCUT2D eigenvalue weighted by atomic mass is 16.5. The minimum absolute atomic E-state index is 0.476. The molecule has 0 radical (unpaired) electrons. The Morgan fingerprint density at radius 2 is 2.00 bits per heavy atom. The molecule has 0 bridgehead atoms. The third kappa shape index (κ3) is 3.45. The molecule has 0 heterocycles. The molecule has 0 aromatic heterocycles. The van der Waals surface area contributed by atoms with Gasteiger partial charge in [0, 0.05) is 0 Å². The first-order chi connectivity index (χ1) is 6.77. The van der Waals surface area contributed by atoms with Crippen molar-refractivity contribution in [1.29, 1.82) is 0 Å². The number of hydrogen-bond donors (Lipinski definition) is 0. The van der Waals surface area contributed by atoms with E-state index in [1.807, 2.05) is 6.08 Å². The summed E-state index contributed by atoms with van der Waals surface area (Å²) in [6, 6.07) is 0. The summed E-state index contributed by atoms with van der Waals surface area (Å²) >= 11 is 0. The third-order valence-corrected chi connectivity index (χ3v) is 3.53. The van der Waals surface area contributed by atoms with Crippen LogP contribution in [0.3, 0.4) is 0 Å². The number of ether oxygens (including phenoxy) is 1. The fraction of sp³-hybridized carbons (Fsp3) is 0.846. The first-order valence-corrected chi connectivity index (χ1v) is 6.00. The summed E-state index contributed by atoms with van der Waals surface area (Å²) in [5.74, 6) is 1.67. The maximum atomic E-state index is 5.80. The predicted molar refractivity (Wildman–Crippen MR) is 61.4 cm³/mol. The normalized spacial score (nSPS) is 33.7. The summed E-state index contributed by atoms with van der Waals surface area (Å²) in [6.07, 6.45) is 8.99. The molecule has 1 rings (SSSR count). The number of rotatable bonds is 4. The standard InChI is InChI=1S/C13H24O/c1-4-10-14-13-9-8-12(5-2)7-6-11(13)3/h4,11-13H,1,5-10H2,2-3H3. The molecule has 3 atom stereocenters. The van der Waals surface area contributed by atoms with Gasteiger partial charge in [0.05, 0.1) is 12.7 Å². The van der Waals surface area contributed by atoms with Crippen LogP contribution in [0, 0.1) is 11.8 Å². The zero-order valence-corrected chi connectivity index (χ0v) is 9.67. The fourth-order valence-electron chi connectivity index (χ4n) is 2.36. The molecule has 82 valence electrons. The molecule has 1 fully saturated rings. The van der Waals surface area contributed by atoms with E-state index < -0.39 is 0 Å². The Morgan fingerprint density at radius 1 is 1.29 bits per heavy atom. The average molecular weight is 196 g/mol. The van der Waals surface area contributed by atoms with E-state index >= 15 is 0 Å². The maximum absolute atomic E-state index is 5.80. The molecular formula is C13H24O. The van der Waals surface area contributed by atoms with Gasteiger partial charge in [-0.15, -0.1) is 6.58 Å². The van der Waals surface area contributed by atoms with E-state index in [0.717, 1.165) is 11.8 Å². The smallest absolute Gasteiger partial charge is 0.0648 e. The van der Waals surface area contributed by atoms with Crippen LogP contribution in [0.5, 0.6) is 0 Å². The lowest BCUT2D eigenvalue weighted by Gasteiger charge is -2.20. The summed E-state index contributed by atoms with van der Waals surface area (Å²) in [6.45, 7) is 9.04. The second-order valence-electron chi connectivity index (χ2n) is 4.57. The molecule has 0 saturated heterocycles. The molecule has 0 amide bonds. The zero-order valence-electron chi connectivity index (χ0n) is 9.67. The minimum Gasteiger partial charge on any atom is -0.374 e. The molecule has 1 aliphatic carbocycles. The Balaban J connectivity index is 2.38. The Labute approximate surface area is 88.5 Å². The molecule has 14 heavy (non-hydrogen) atoms. The first kappa shape index (κ1) is 11.8. The molecule has 1 nitrogen and oxygen atoms in total. The van der Waals surface area contributed by atoms with E-state index in [9.17, 15) is 0 Å². The maximum Gasteiger partial charge on any atom is 0.0648 e. The molecule has 0 spiro atoms. The van der Waals surface area contributed by atoms with Crippen molar-refractivity contribution in [2.45, 2.75) is 52.1 Å². The molecule has 3 unspecified atom stereocenters. The van der Waals surface area contributed by atoms with E-state index in [-0.39, 0.29) is 0 Å². The van der Waals surface area contributed by atoms with Crippen molar-refractivity contribution in [2.24, 2.45) is 11.8 Å². The van der Waals surface area contributed by atoms with E-state index in [4.69, 9.17) is 4.74 Å². The molecule has 0 N–H and O–H groups in total. The molecule has 1 aliphatic rings. The van der Waals surface area contributed by atoms with Gasteiger partial charge in [-0.25, -0.2) is 0 Å². The van der Waals surface area contributed by atoms with Gasteiger partial charge in [0.15, 0.2) is 0 Å². The third-order valence-electron chi connectivity index (χ3n) is 3.53. The van der Waals surface area contributed by atoms with Gasteiger partial charge in [-0.2, -0.15) is 0 Å². The molecule has 0 aromatic carbocycles. The van der Waals surface area contributed by atoms with Crippen molar-refractivity contribution in [3.63, 3.8) is 0 Å². The molecule has 1 saturated carbocycles. The largest absolute Gasteiger partial charge is 0.374 e. The highest BCUT2D eigenvalue weighted by Crippen LogP contribution is 2.30. The van der Waals surface area contributed by atoms with Crippen molar-refractivity contribution >= 4 is 0 Å². The van der Waals surface area contributed by atoms with Crippen LogP contribution in [0.4, 0.5) is 0 Å². The second kappa shape index (κ2) is 6.23. The number of hydrogen-bond acceptors (Lipinski definition) is 1. The Morgan fingerprint density at radius 3 is 2.64 bits per heavy atom. The quantitative estimate of drug-likeness (QED) is 0.491. The van der Waals surface area contributed by atoms with Gasteiger partial charge in [0.2, 0.25) is 0 Å². The lowest BCUT2D eigenvalue weighted by atomic mass is 9.97. The molecule has 0 aromatic rings. The molecular weight excluding hydrogens is 172 g/mol. The lowest BCUT2D eigenvalue weighted by Crippen LogP contribution is -2.20. The summed E-state index contributed by atoms with van der Waals surface area (Å²) in [5.41, 5.74) is 0. The average Bonchev–Trinajstić information content (AvgIpc) is 2.38. The van der Waals surface area contributed by atoms with E-state index in [1.165, 1.54) is 32.1 Å². The summed E-state index contributed by atoms with van der Waals surface area (Å²) in [5, 5.41) is 0. The van der Waals surface area contributed by atoms with Gasteiger partial charge in [0.1, 0.15) is 0 Å². The van der Waals surface area contributed by atoms with E-state index in [2.05, 4.69) is 20.4 Å². The zero-order chi connectivity index (χ0) is 10.4. The highest BCUT2D eigenvalue weighted by molar-refractivity contribution is 4.76. The van der Waals surface area contributed by atoms with Crippen LogP contribution in [0.2, 0.25) is 0 Å². The van der Waals surface area contributed by atoms with Crippen molar-refractivity contribution in [3.05, 3.63) is 12.7 Å².